The van der Waals surface area contributed by atoms with Crippen molar-refractivity contribution in [2.75, 3.05) is 18.6 Å². The molecule has 1 nitrogen and oxygen atoms in total. The fourth-order valence-corrected chi connectivity index (χ4v) is 5.28. The van der Waals surface area contributed by atoms with Crippen LogP contribution in [0.25, 0.3) is 5.57 Å². The van der Waals surface area contributed by atoms with Gasteiger partial charge in [-0.25, -0.2) is 0 Å². The van der Waals surface area contributed by atoms with E-state index in [9.17, 15) is 0 Å². The first-order valence-electron chi connectivity index (χ1n) is 6.57. The lowest BCUT2D eigenvalue weighted by molar-refractivity contribution is 0.415. The second kappa shape index (κ2) is 5.40. The molecule has 98 valence electrons. The zero-order chi connectivity index (χ0) is 13.2. The van der Waals surface area contributed by atoms with Gasteiger partial charge in [0.15, 0.2) is 0 Å². The first kappa shape index (κ1) is 13.5. The molecule has 0 unspecified atom stereocenters. The summed E-state index contributed by atoms with van der Waals surface area (Å²) in [5, 5.41) is 0. The van der Waals surface area contributed by atoms with Gasteiger partial charge >= 0.3 is 0 Å². The standard InChI is InChI=1S/C16H23OS/c1-13(14-7-9-15(17-4)10-8-14)16(2,3)18-11-5-6-12-18/h7-10H,1,5-6,11-12H2,2-4H3/q+1. The number of rotatable bonds is 4. The lowest BCUT2D eigenvalue weighted by atomic mass is 9.96. The van der Waals surface area contributed by atoms with Crippen molar-refractivity contribution in [2.45, 2.75) is 31.4 Å². The van der Waals surface area contributed by atoms with E-state index in [4.69, 9.17) is 4.74 Å². The minimum atomic E-state index is 0.227. The van der Waals surface area contributed by atoms with Gasteiger partial charge in [0.2, 0.25) is 0 Å². The molecule has 2 rings (SSSR count). The van der Waals surface area contributed by atoms with E-state index in [0.717, 1.165) is 5.75 Å². The van der Waals surface area contributed by atoms with E-state index in [0.29, 0.717) is 10.9 Å². The Morgan fingerprint density at radius 1 is 1.17 bits per heavy atom. The molecule has 0 aliphatic carbocycles. The lowest BCUT2D eigenvalue weighted by Crippen LogP contribution is -2.34. The molecule has 0 amide bonds. The van der Waals surface area contributed by atoms with Crippen molar-refractivity contribution in [3.63, 3.8) is 0 Å². The molecule has 0 radical (unpaired) electrons. The Morgan fingerprint density at radius 2 is 1.72 bits per heavy atom. The summed E-state index contributed by atoms with van der Waals surface area (Å²) >= 11 is 0. The third-order valence-electron chi connectivity index (χ3n) is 3.92. The average Bonchev–Trinajstić information content (AvgIpc) is 2.92. The quantitative estimate of drug-likeness (QED) is 0.749. The Bertz CT molecular complexity index is 413. The third-order valence-corrected chi connectivity index (χ3v) is 7.17. The van der Waals surface area contributed by atoms with Gasteiger partial charge in [0.25, 0.3) is 0 Å². The van der Waals surface area contributed by atoms with Gasteiger partial charge in [-0.3, -0.25) is 0 Å². The van der Waals surface area contributed by atoms with Crippen molar-refractivity contribution in [3.8, 4) is 5.75 Å². The van der Waals surface area contributed by atoms with Gasteiger partial charge in [-0.2, -0.15) is 0 Å². The second-order valence-electron chi connectivity index (χ2n) is 5.33. The predicted molar refractivity (Wildman–Crippen MR) is 82.4 cm³/mol. The highest BCUT2D eigenvalue weighted by Crippen LogP contribution is 2.37. The fraction of sp³-hybridized carbons (Fsp3) is 0.500. The van der Waals surface area contributed by atoms with Crippen LogP contribution >= 0.6 is 0 Å². The van der Waals surface area contributed by atoms with E-state index in [-0.39, 0.29) is 4.75 Å². The van der Waals surface area contributed by atoms with E-state index in [2.05, 4.69) is 32.6 Å². The zero-order valence-electron chi connectivity index (χ0n) is 11.7. The molecule has 0 N–H and O–H groups in total. The molecule has 0 atom stereocenters. The van der Waals surface area contributed by atoms with Crippen LogP contribution in [0.1, 0.15) is 32.3 Å². The molecule has 1 aromatic rings. The van der Waals surface area contributed by atoms with Gasteiger partial charge in [-0.05, 0) is 55.3 Å². The van der Waals surface area contributed by atoms with E-state index < -0.39 is 0 Å². The lowest BCUT2D eigenvalue weighted by Gasteiger charge is -2.26. The molecule has 2 heteroatoms. The Balaban J connectivity index is 2.18. The molecule has 1 aromatic carbocycles. The SMILES string of the molecule is C=C(c1ccc(OC)cc1)C(C)(C)[S+]1CCCC1. The molecule has 0 aromatic heterocycles. The average molecular weight is 263 g/mol. The van der Waals surface area contributed by atoms with E-state index in [1.54, 1.807) is 7.11 Å². The van der Waals surface area contributed by atoms with Crippen LogP contribution in [-0.4, -0.2) is 23.4 Å². The smallest absolute Gasteiger partial charge is 0.147 e. The van der Waals surface area contributed by atoms with Crippen LogP contribution in [0.3, 0.4) is 0 Å². The van der Waals surface area contributed by atoms with E-state index >= 15 is 0 Å². The maximum Gasteiger partial charge on any atom is 0.147 e. The predicted octanol–water partition coefficient (Wildman–Crippen LogP) is 3.90. The number of ether oxygens (including phenoxy) is 1. The molecule has 18 heavy (non-hydrogen) atoms. The molecule has 0 bridgehead atoms. The minimum absolute atomic E-state index is 0.227. The maximum atomic E-state index is 5.21. The largest absolute Gasteiger partial charge is 0.497 e. The highest BCUT2D eigenvalue weighted by atomic mass is 32.2. The number of benzene rings is 1. The molecule has 1 saturated heterocycles. The summed E-state index contributed by atoms with van der Waals surface area (Å²) in [6.07, 6.45) is 2.78. The number of methoxy groups -OCH3 is 1. The molecule has 1 fully saturated rings. The summed E-state index contributed by atoms with van der Waals surface area (Å²) in [6.45, 7) is 9.07. The third kappa shape index (κ3) is 2.59. The van der Waals surface area contributed by atoms with Gasteiger partial charge in [0, 0.05) is 5.57 Å². The summed E-state index contributed by atoms with van der Waals surface area (Å²) in [5.74, 6) is 3.66. The van der Waals surface area contributed by atoms with Crippen LogP contribution < -0.4 is 4.74 Å². The van der Waals surface area contributed by atoms with Gasteiger partial charge in [0.1, 0.15) is 22.0 Å². The van der Waals surface area contributed by atoms with Crippen LogP contribution in [0.5, 0.6) is 5.75 Å². The van der Waals surface area contributed by atoms with Gasteiger partial charge < -0.3 is 4.74 Å². The summed E-state index contributed by atoms with van der Waals surface area (Å²) in [7, 11) is 2.20. The number of hydrogen-bond acceptors (Lipinski definition) is 1. The Hall–Kier alpha value is -0.890. The minimum Gasteiger partial charge on any atom is -0.497 e. The summed E-state index contributed by atoms with van der Waals surface area (Å²) in [6, 6.07) is 8.30. The van der Waals surface area contributed by atoms with Crippen molar-refractivity contribution in [2.24, 2.45) is 0 Å². The van der Waals surface area contributed by atoms with Gasteiger partial charge in [0.05, 0.1) is 7.11 Å². The molecule has 1 heterocycles. The first-order valence-corrected chi connectivity index (χ1v) is 8.13. The van der Waals surface area contributed by atoms with E-state index in [1.165, 1.54) is 35.5 Å². The fourth-order valence-electron chi connectivity index (χ4n) is 2.48. The highest BCUT2D eigenvalue weighted by Gasteiger charge is 2.43. The van der Waals surface area contributed by atoms with Crippen LogP contribution in [-0.2, 0) is 10.9 Å². The van der Waals surface area contributed by atoms with E-state index in [1.807, 2.05) is 12.1 Å². The van der Waals surface area contributed by atoms with Crippen LogP contribution in [0.15, 0.2) is 30.8 Å². The van der Waals surface area contributed by atoms with Crippen molar-refractivity contribution >= 4 is 16.5 Å². The Morgan fingerprint density at radius 3 is 2.22 bits per heavy atom. The molecule has 0 saturated carbocycles. The highest BCUT2D eigenvalue weighted by molar-refractivity contribution is 7.98. The zero-order valence-corrected chi connectivity index (χ0v) is 12.5. The molecular weight excluding hydrogens is 240 g/mol. The van der Waals surface area contributed by atoms with Crippen molar-refractivity contribution in [1.29, 1.82) is 0 Å². The van der Waals surface area contributed by atoms with Crippen molar-refractivity contribution in [3.05, 3.63) is 36.4 Å². The summed E-state index contributed by atoms with van der Waals surface area (Å²) in [5.41, 5.74) is 2.52. The van der Waals surface area contributed by atoms with Crippen LogP contribution in [0, 0.1) is 0 Å². The summed E-state index contributed by atoms with van der Waals surface area (Å²) < 4.78 is 5.43. The van der Waals surface area contributed by atoms with Gasteiger partial charge in [-0.15, -0.1) is 0 Å². The Kier molecular flexibility index (Phi) is 4.06. The number of hydrogen-bond donors (Lipinski definition) is 0. The van der Waals surface area contributed by atoms with Crippen LogP contribution in [0.2, 0.25) is 0 Å². The molecular formula is C16H23OS+. The topological polar surface area (TPSA) is 9.23 Å². The van der Waals surface area contributed by atoms with Crippen molar-refractivity contribution in [1.82, 2.24) is 0 Å². The molecule has 1 aliphatic rings. The van der Waals surface area contributed by atoms with Crippen molar-refractivity contribution < 1.29 is 4.74 Å². The Labute approximate surface area is 114 Å². The maximum absolute atomic E-state index is 5.21. The monoisotopic (exact) mass is 263 g/mol. The second-order valence-corrected chi connectivity index (χ2v) is 8.15. The summed E-state index contributed by atoms with van der Waals surface area (Å²) in [4.78, 5) is 0. The molecule has 1 aliphatic heterocycles. The molecule has 0 spiro atoms. The van der Waals surface area contributed by atoms with Gasteiger partial charge in [-0.1, -0.05) is 18.7 Å². The normalized spacial score (nSPS) is 16.8. The van der Waals surface area contributed by atoms with Crippen LogP contribution in [0.4, 0.5) is 0 Å². The first-order chi connectivity index (χ1) is 8.55.